The molecule has 0 atom stereocenters. The second-order valence-electron chi connectivity index (χ2n) is 6.27. The molecule has 2 aromatic rings. The van der Waals surface area contributed by atoms with E-state index in [1.165, 1.54) is 13.8 Å². The van der Waals surface area contributed by atoms with Crippen molar-refractivity contribution in [2.75, 3.05) is 20.8 Å². The molecule has 0 heterocycles. The Kier molecular flexibility index (Phi) is 7.90. The summed E-state index contributed by atoms with van der Waals surface area (Å²) in [4.78, 5) is 21.8. The SMILES string of the molecule is CC(=O)Oc1ccc(/C=N\N(C)CN(C)/N=C\c2ccc(OC(C)=O)cc2)cc1. The first-order chi connectivity index (χ1) is 13.8. The van der Waals surface area contributed by atoms with Gasteiger partial charge in [0.1, 0.15) is 18.2 Å². The van der Waals surface area contributed by atoms with Gasteiger partial charge in [0, 0.05) is 27.9 Å². The fourth-order valence-electron chi connectivity index (χ4n) is 2.28. The number of nitrogens with zero attached hydrogens (tertiary/aromatic N) is 4. The van der Waals surface area contributed by atoms with Crippen LogP contribution in [0.3, 0.4) is 0 Å². The Bertz CT molecular complexity index is 803. The van der Waals surface area contributed by atoms with Crippen molar-refractivity contribution in [2.45, 2.75) is 13.8 Å². The minimum absolute atomic E-state index is 0.352. The molecular weight excluding hydrogens is 372 g/mol. The maximum absolute atomic E-state index is 10.9. The molecule has 0 aliphatic heterocycles. The second kappa shape index (κ2) is 10.6. The van der Waals surface area contributed by atoms with E-state index in [2.05, 4.69) is 10.2 Å². The minimum Gasteiger partial charge on any atom is -0.427 e. The van der Waals surface area contributed by atoms with Crippen LogP contribution in [-0.2, 0) is 9.59 Å². The third-order valence-corrected chi connectivity index (χ3v) is 3.50. The Morgan fingerprint density at radius 2 is 1.10 bits per heavy atom. The van der Waals surface area contributed by atoms with Gasteiger partial charge in [-0.25, -0.2) is 0 Å². The quantitative estimate of drug-likeness (QED) is 0.224. The summed E-state index contributed by atoms with van der Waals surface area (Å²) >= 11 is 0. The van der Waals surface area contributed by atoms with E-state index in [1.807, 2.05) is 38.4 Å². The molecule has 0 saturated heterocycles. The van der Waals surface area contributed by atoms with Crippen LogP contribution in [0.2, 0.25) is 0 Å². The van der Waals surface area contributed by atoms with Crippen molar-refractivity contribution in [1.29, 1.82) is 0 Å². The summed E-state index contributed by atoms with van der Waals surface area (Å²) < 4.78 is 9.99. The van der Waals surface area contributed by atoms with Crippen LogP contribution in [0.5, 0.6) is 11.5 Å². The fraction of sp³-hybridized carbons (Fsp3) is 0.238. The largest absolute Gasteiger partial charge is 0.427 e. The highest BCUT2D eigenvalue weighted by molar-refractivity contribution is 5.80. The third kappa shape index (κ3) is 8.25. The van der Waals surface area contributed by atoms with E-state index in [0.29, 0.717) is 18.2 Å². The van der Waals surface area contributed by atoms with Gasteiger partial charge in [-0.3, -0.25) is 19.6 Å². The molecule has 0 saturated carbocycles. The lowest BCUT2D eigenvalue weighted by Crippen LogP contribution is -2.26. The van der Waals surface area contributed by atoms with Crippen LogP contribution in [-0.4, -0.2) is 55.1 Å². The zero-order valence-corrected chi connectivity index (χ0v) is 16.9. The van der Waals surface area contributed by atoms with Crippen molar-refractivity contribution < 1.29 is 19.1 Å². The maximum Gasteiger partial charge on any atom is 0.308 e. The van der Waals surface area contributed by atoms with Crippen LogP contribution in [0.1, 0.15) is 25.0 Å². The summed E-state index contributed by atoms with van der Waals surface area (Å²) in [6, 6.07) is 14.1. The number of rotatable bonds is 8. The van der Waals surface area contributed by atoms with Gasteiger partial charge in [0.15, 0.2) is 0 Å². The van der Waals surface area contributed by atoms with Gasteiger partial charge < -0.3 is 9.47 Å². The molecule has 152 valence electrons. The average molecular weight is 396 g/mol. The van der Waals surface area contributed by atoms with E-state index in [0.717, 1.165) is 11.1 Å². The van der Waals surface area contributed by atoms with Crippen molar-refractivity contribution in [1.82, 2.24) is 10.0 Å². The third-order valence-electron chi connectivity index (χ3n) is 3.50. The van der Waals surface area contributed by atoms with E-state index in [4.69, 9.17) is 9.47 Å². The van der Waals surface area contributed by atoms with Crippen LogP contribution in [0.25, 0.3) is 0 Å². The molecule has 0 amide bonds. The number of ether oxygens (including phenoxy) is 2. The summed E-state index contributed by atoms with van der Waals surface area (Å²) in [5.74, 6) is 0.293. The van der Waals surface area contributed by atoms with Crippen LogP contribution in [0.4, 0.5) is 0 Å². The van der Waals surface area contributed by atoms with Crippen LogP contribution in [0, 0.1) is 0 Å². The van der Waals surface area contributed by atoms with Gasteiger partial charge in [0.05, 0.1) is 12.4 Å². The number of esters is 2. The number of hydrogen-bond acceptors (Lipinski definition) is 8. The fourth-order valence-corrected chi connectivity index (χ4v) is 2.28. The Balaban J connectivity index is 1.84. The van der Waals surface area contributed by atoms with E-state index in [1.54, 1.807) is 46.7 Å². The maximum atomic E-state index is 10.9. The van der Waals surface area contributed by atoms with Gasteiger partial charge in [-0.1, -0.05) is 0 Å². The molecule has 0 bridgehead atoms. The smallest absolute Gasteiger partial charge is 0.308 e. The highest BCUT2D eigenvalue weighted by atomic mass is 16.5. The van der Waals surface area contributed by atoms with E-state index >= 15 is 0 Å². The summed E-state index contributed by atoms with van der Waals surface area (Å²) in [6.45, 7) is 3.20. The highest BCUT2D eigenvalue weighted by Crippen LogP contribution is 2.12. The molecular formula is C21H24N4O4. The Morgan fingerprint density at radius 1 is 0.759 bits per heavy atom. The molecule has 0 aromatic heterocycles. The van der Waals surface area contributed by atoms with Crippen molar-refractivity contribution >= 4 is 24.4 Å². The molecule has 0 aliphatic rings. The number of carbonyl (C=O) groups is 2. The Morgan fingerprint density at radius 3 is 1.41 bits per heavy atom. The van der Waals surface area contributed by atoms with Crippen molar-refractivity contribution in [3.05, 3.63) is 59.7 Å². The lowest BCUT2D eigenvalue weighted by atomic mass is 10.2. The van der Waals surface area contributed by atoms with Gasteiger partial charge in [0.25, 0.3) is 0 Å². The molecule has 8 nitrogen and oxygen atoms in total. The molecule has 0 spiro atoms. The van der Waals surface area contributed by atoms with E-state index < -0.39 is 0 Å². The number of carbonyl (C=O) groups excluding carboxylic acids is 2. The minimum atomic E-state index is -0.352. The zero-order chi connectivity index (χ0) is 21.2. The summed E-state index contributed by atoms with van der Waals surface area (Å²) in [7, 11) is 3.67. The van der Waals surface area contributed by atoms with Gasteiger partial charge in [-0.15, -0.1) is 0 Å². The summed E-state index contributed by atoms with van der Waals surface area (Å²) in [5.41, 5.74) is 1.76. The van der Waals surface area contributed by atoms with Crippen molar-refractivity contribution in [3.63, 3.8) is 0 Å². The molecule has 0 fully saturated rings. The molecule has 2 aromatic carbocycles. The molecule has 8 heteroatoms. The van der Waals surface area contributed by atoms with Gasteiger partial charge >= 0.3 is 11.9 Å². The molecule has 0 N–H and O–H groups in total. The molecule has 29 heavy (non-hydrogen) atoms. The van der Waals surface area contributed by atoms with Crippen LogP contribution < -0.4 is 9.47 Å². The van der Waals surface area contributed by atoms with E-state index in [9.17, 15) is 9.59 Å². The number of hydrazone groups is 2. The predicted octanol–water partition coefficient (Wildman–Crippen LogP) is 2.73. The molecule has 0 radical (unpaired) electrons. The topological polar surface area (TPSA) is 83.8 Å². The molecule has 2 rings (SSSR count). The lowest BCUT2D eigenvalue weighted by molar-refractivity contribution is -0.132. The molecule has 0 unspecified atom stereocenters. The lowest BCUT2D eigenvalue weighted by Gasteiger charge is -2.19. The summed E-state index contributed by atoms with van der Waals surface area (Å²) in [6.07, 6.45) is 3.42. The number of hydrogen-bond donors (Lipinski definition) is 0. The predicted molar refractivity (Wildman–Crippen MR) is 111 cm³/mol. The zero-order valence-electron chi connectivity index (χ0n) is 16.9. The van der Waals surface area contributed by atoms with E-state index in [-0.39, 0.29) is 11.9 Å². The van der Waals surface area contributed by atoms with Crippen LogP contribution >= 0.6 is 0 Å². The van der Waals surface area contributed by atoms with Crippen molar-refractivity contribution in [2.24, 2.45) is 10.2 Å². The normalized spacial score (nSPS) is 10.9. The van der Waals surface area contributed by atoms with Crippen molar-refractivity contribution in [3.8, 4) is 11.5 Å². The monoisotopic (exact) mass is 396 g/mol. The van der Waals surface area contributed by atoms with Gasteiger partial charge in [-0.05, 0) is 59.7 Å². The standard InChI is InChI=1S/C21H24N4O4/c1-16(26)28-20-9-5-18(6-10-20)13-22-24(3)15-25(4)23-14-19-7-11-21(12-8-19)29-17(2)27/h5-14H,15H2,1-4H3/b22-13-,23-14-. The summed E-state index contributed by atoms with van der Waals surface area (Å²) in [5, 5.41) is 12.2. The Hall–Kier alpha value is -3.68. The van der Waals surface area contributed by atoms with Crippen LogP contribution in [0.15, 0.2) is 58.7 Å². The number of benzene rings is 2. The highest BCUT2D eigenvalue weighted by Gasteiger charge is 2.00. The second-order valence-corrected chi connectivity index (χ2v) is 6.27. The first kappa shape index (κ1) is 21.6. The molecule has 0 aliphatic carbocycles. The first-order valence-electron chi connectivity index (χ1n) is 8.89. The Labute approximate surface area is 170 Å². The van der Waals surface area contributed by atoms with Gasteiger partial charge in [-0.2, -0.15) is 10.2 Å². The van der Waals surface area contributed by atoms with Gasteiger partial charge in [0.2, 0.25) is 0 Å². The first-order valence-corrected chi connectivity index (χ1v) is 8.89. The average Bonchev–Trinajstić information content (AvgIpc) is 2.66.